The third kappa shape index (κ3) is 3.57. The van der Waals surface area contributed by atoms with Crippen molar-refractivity contribution < 1.29 is 0 Å². The van der Waals surface area contributed by atoms with E-state index in [0.717, 1.165) is 22.3 Å². The topological polar surface area (TPSA) is 60.9 Å². The summed E-state index contributed by atoms with van der Waals surface area (Å²) in [4.78, 5) is 18.1. The van der Waals surface area contributed by atoms with Gasteiger partial charge in [-0.15, -0.1) is 0 Å². The maximum absolute atomic E-state index is 13.3. The molecule has 0 bridgehead atoms. The number of nitrogens with two attached hydrogens (primary N) is 1. The van der Waals surface area contributed by atoms with E-state index in [1.807, 2.05) is 55.5 Å². The number of halogens is 1. The minimum absolute atomic E-state index is 0.0876. The van der Waals surface area contributed by atoms with Gasteiger partial charge >= 0.3 is 0 Å². The lowest BCUT2D eigenvalue weighted by molar-refractivity contribution is 0.758. The summed E-state index contributed by atoms with van der Waals surface area (Å²) in [5.74, 6) is 0.623. The van der Waals surface area contributed by atoms with Crippen molar-refractivity contribution in [1.82, 2.24) is 9.55 Å². The zero-order valence-corrected chi connectivity index (χ0v) is 16.3. The van der Waals surface area contributed by atoms with E-state index in [4.69, 9.17) is 22.3 Å². The first-order valence-electron chi connectivity index (χ1n) is 9.10. The van der Waals surface area contributed by atoms with Crippen LogP contribution in [0.15, 0.2) is 71.5 Å². The van der Waals surface area contributed by atoms with Crippen molar-refractivity contribution in [2.75, 3.05) is 0 Å². The molecule has 3 aromatic carbocycles. The molecular formula is C23H20ClN3O. The lowest BCUT2D eigenvalue weighted by atomic mass is 10.1. The fraction of sp³-hybridized carbons (Fsp3) is 0.130. The number of aryl methyl sites for hydroxylation is 1. The lowest BCUT2D eigenvalue weighted by Crippen LogP contribution is -2.24. The highest BCUT2D eigenvalue weighted by atomic mass is 35.5. The van der Waals surface area contributed by atoms with Crippen molar-refractivity contribution in [3.05, 3.63) is 98.8 Å². The van der Waals surface area contributed by atoms with Crippen LogP contribution in [0.3, 0.4) is 0 Å². The summed E-state index contributed by atoms with van der Waals surface area (Å²) in [5.41, 5.74) is 10.4. The van der Waals surface area contributed by atoms with Crippen LogP contribution < -0.4 is 11.3 Å². The van der Waals surface area contributed by atoms with Crippen molar-refractivity contribution in [2.24, 2.45) is 5.73 Å². The quantitative estimate of drug-likeness (QED) is 0.557. The Kier molecular flexibility index (Phi) is 4.99. The summed E-state index contributed by atoms with van der Waals surface area (Å²) in [5, 5.41) is 1.11. The first-order valence-corrected chi connectivity index (χ1v) is 9.48. The van der Waals surface area contributed by atoms with Gasteiger partial charge in [-0.2, -0.15) is 0 Å². The maximum atomic E-state index is 13.3. The van der Waals surface area contributed by atoms with E-state index in [1.54, 1.807) is 22.8 Å². The molecule has 0 aliphatic rings. The lowest BCUT2D eigenvalue weighted by Gasteiger charge is -2.15. The monoisotopic (exact) mass is 389 g/mol. The minimum atomic E-state index is -0.0876. The highest BCUT2D eigenvalue weighted by Crippen LogP contribution is 2.22. The molecule has 0 fully saturated rings. The highest BCUT2D eigenvalue weighted by molar-refractivity contribution is 6.31. The molecule has 28 heavy (non-hydrogen) atoms. The van der Waals surface area contributed by atoms with Crippen LogP contribution in [0.1, 0.15) is 16.7 Å². The number of hydrogen-bond acceptors (Lipinski definition) is 3. The molecule has 0 aliphatic heterocycles. The maximum Gasteiger partial charge on any atom is 0.261 e. The molecule has 140 valence electrons. The Morgan fingerprint density at radius 1 is 1.00 bits per heavy atom. The average Bonchev–Trinajstić information content (AvgIpc) is 2.70. The van der Waals surface area contributed by atoms with Crippen LogP contribution in [-0.4, -0.2) is 9.55 Å². The summed E-state index contributed by atoms with van der Waals surface area (Å²) >= 11 is 6.13. The van der Waals surface area contributed by atoms with Gasteiger partial charge in [0.15, 0.2) is 0 Å². The van der Waals surface area contributed by atoms with E-state index in [2.05, 4.69) is 0 Å². The number of benzene rings is 3. The van der Waals surface area contributed by atoms with E-state index >= 15 is 0 Å². The van der Waals surface area contributed by atoms with Gasteiger partial charge in [-0.1, -0.05) is 65.7 Å². The van der Waals surface area contributed by atoms with Crippen molar-refractivity contribution >= 4 is 22.5 Å². The van der Waals surface area contributed by atoms with Crippen LogP contribution in [-0.2, 0) is 13.1 Å². The molecule has 0 amide bonds. The molecule has 0 radical (unpaired) electrons. The molecule has 0 unspecified atom stereocenters. The number of fused-ring (bicyclic) bond motifs is 1. The number of hydrogen-bond donors (Lipinski definition) is 1. The largest absolute Gasteiger partial charge is 0.326 e. The molecule has 0 aliphatic carbocycles. The Morgan fingerprint density at radius 2 is 1.75 bits per heavy atom. The van der Waals surface area contributed by atoms with Crippen molar-refractivity contribution in [3.63, 3.8) is 0 Å². The third-order valence-corrected chi connectivity index (χ3v) is 5.03. The van der Waals surface area contributed by atoms with Crippen molar-refractivity contribution in [1.29, 1.82) is 0 Å². The smallest absolute Gasteiger partial charge is 0.261 e. The molecular weight excluding hydrogens is 370 g/mol. The second kappa shape index (κ2) is 7.58. The molecule has 4 nitrogen and oxygen atoms in total. The minimum Gasteiger partial charge on any atom is -0.326 e. The van der Waals surface area contributed by atoms with Crippen LogP contribution in [0.4, 0.5) is 0 Å². The average molecular weight is 390 g/mol. The number of aromatic nitrogens is 2. The van der Waals surface area contributed by atoms with E-state index in [1.165, 1.54) is 0 Å². The summed E-state index contributed by atoms with van der Waals surface area (Å²) in [6.07, 6.45) is 0. The molecule has 4 rings (SSSR count). The van der Waals surface area contributed by atoms with Gasteiger partial charge in [-0.25, -0.2) is 4.98 Å². The third-order valence-electron chi connectivity index (χ3n) is 4.79. The second-order valence-electron chi connectivity index (χ2n) is 6.88. The van der Waals surface area contributed by atoms with Crippen LogP contribution >= 0.6 is 11.6 Å². The predicted octanol–water partition coefficient (Wildman–Crippen LogP) is 4.53. The Morgan fingerprint density at radius 3 is 2.50 bits per heavy atom. The summed E-state index contributed by atoms with van der Waals surface area (Å²) in [6.45, 7) is 2.91. The standard InChI is InChI=1S/C23H20ClN3O/c1-15-5-7-18(8-6-15)22-26-21-12-19(24)9-10-20(21)23(28)27(22)14-17-4-2-3-16(11-17)13-25/h2-12H,13-14,25H2,1H3. The predicted molar refractivity (Wildman–Crippen MR) is 115 cm³/mol. The molecule has 2 N–H and O–H groups in total. The van der Waals surface area contributed by atoms with E-state index < -0.39 is 0 Å². The fourth-order valence-corrected chi connectivity index (χ4v) is 3.47. The van der Waals surface area contributed by atoms with Gasteiger partial charge in [0.2, 0.25) is 0 Å². The Bertz CT molecular complexity index is 1210. The van der Waals surface area contributed by atoms with Gasteiger partial charge in [0.05, 0.1) is 17.4 Å². The van der Waals surface area contributed by atoms with E-state index in [0.29, 0.717) is 34.8 Å². The summed E-state index contributed by atoms with van der Waals surface area (Å²) < 4.78 is 1.72. The molecule has 0 saturated carbocycles. The number of rotatable bonds is 4. The Hall–Kier alpha value is -2.95. The molecule has 1 aromatic heterocycles. The van der Waals surface area contributed by atoms with Crippen LogP contribution in [0.2, 0.25) is 5.02 Å². The normalized spacial score (nSPS) is 11.1. The number of nitrogens with zero attached hydrogens (tertiary/aromatic N) is 2. The summed E-state index contributed by atoms with van der Waals surface area (Å²) in [7, 11) is 0. The van der Waals surface area contributed by atoms with E-state index in [9.17, 15) is 4.79 Å². The molecule has 0 saturated heterocycles. The molecule has 0 atom stereocenters. The van der Waals surface area contributed by atoms with Crippen LogP contribution in [0, 0.1) is 6.92 Å². The van der Waals surface area contributed by atoms with Gasteiger partial charge in [0.25, 0.3) is 5.56 Å². The summed E-state index contributed by atoms with van der Waals surface area (Å²) in [6, 6.07) is 21.2. The van der Waals surface area contributed by atoms with Gasteiger partial charge in [0.1, 0.15) is 5.82 Å². The molecule has 1 heterocycles. The zero-order valence-electron chi connectivity index (χ0n) is 15.5. The van der Waals surface area contributed by atoms with Crippen molar-refractivity contribution in [3.8, 4) is 11.4 Å². The fourth-order valence-electron chi connectivity index (χ4n) is 3.30. The van der Waals surface area contributed by atoms with Gasteiger partial charge in [0, 0.05) is 17.1 Å². The highest BCUT2D eigenvalue weighted by Gasteiger charge is 2.14. The van der Waals surface area contributed by atoms with Crippen LogP contribution in [0.5, 0.6) is 0 Å². The van der Waals surface area contributed by atoms with Gasteiger partial charge in [-0.3, -0.25) is 9.36 Å². The van der Waals surface area contributed by atoms with Crippen LogP contribution in [0.25, 0.3) is 22.3 Å². The second-order valence-corrected chi connectivity index (χ2v) is 7.31. The Balaban J connectivity index is 1.95. The molecule has 5 heteroatoms. The zero-order chi connectivity index (χ0) is 19.7. The van der Waals surface area contributed by atoms with Gasteiger partial charge < -0.3 is 5.73 Å². The van der Waals surface area contributed by atoms with Crippen molar-refractivity contribution in [2.45, 2.75) is 20.0 Å². The van der Waals surface area contributed by atoms with E-state index in [-0.39, 0.29) is 5.56 Å². The first-order chi connectivity index (χ1) is 13.5. The molecule has 0 spiro atoms. The molecule has 4 aromatic rings. The Labute approximate surface area is 168 Å². The first kappa shape index (κ1) is 18.4. The van der Waals surface area contributed by atoms with Gasteiger partial charge in [-0.05, 0) is 36.2 Å². The SMILES string of the molecule is Cc1ccc(-c2nc3cc(Cl)ccc3c(=O)n2Cc2cccc(CN)c2)cc1.